The molecule has 0 spiro atoms. The van der Waals surface area contributed by atoms with Gasteiger partial charge in [0.2, 0.25) is 0 Å². The van der Waals surface area contributed by atoms with E-state index in [2.05, 4.69) is 10.4 Å². The number of rotatable bonds is 1. The van der Waals surface area contributed by atoms with Crippen LogP contribution in [-0.4, -0.2) is 22.2 Å². The number of fused-ring (bicyclic) bond motifs is 1. The van der Waals surface area contributed by atoms with Gasteiger partial charge in [-0.05, 0) is 25.0 Å². The molecule has 0 bridgehead atoms. The first-order valence-corrected chi connectivity index (χ1v) is 5.77. The summed E-state index contributed by atoms with van der Waals surface area (Å²) in [7, 11) is 0. The van der Waals surface area contributed by atoms with Crippen LogP contribution in [-0.2, 0) is 6.42 Å². The maximum absolute atomic E-state index is 12.0. The zero-order chi connectivity index (χ0) is 11.7. The molecule has 0 saturated carbocycles. The molecule has 1 aromatic carbocycles. The lowest BCUT2D eigenvalue weighted by molar-refractivity contribution is 0.0948. The van der Waals surface area contributed by atoms with Crippen molar-refractivity contribution in [3.05, 3.63) is 47.8 Å². The van der Waals surface area contributed by atoms with Crippen LogP contribution in [0.3, 0.4) is 0 Å². The fourth-order valence-corrected chi connectivity index (χ4v) is 2.14. The largest absolute Gasteiger partial charge is 0.351 e. The predicted octanol–water partition coefficient (Wildman–Crippen LogP) is 1.55. The highest BCUT2D eigenvalue weighted by molar-refractivity contribution is 5.94. The van der Waals surface area contributed by atoms with Crippen LogP contribution in [0, 0.1) is 0 Å². The number of benzene rings is 1. The minimum Gasteiger partial charge on any atom is -0.351 e. The second-order valence-corrected chi connectivity index (χ2v) is 4.13. The molecule has 0 atom stereocenters. The van der Waals surface area contributed by atoms with Gasteiger partial charge in [-0.3, -0.25) is 4.79 Å². The molecule has 1 N–H and O–H groups in total. The number of nitrogens with one attached hydrogen (secondary N) is 1. The van der Waals surface area contributed by atoms with Gasteiger partial charge in [0.15, 0.2) is 0 Å². The van der Waals surface area contributed by atoms with Crippen LogP contribution in [0.15, 0.2) is 36.5 Å². The summed E-state index contributed by atoms with van der Waals surface area (Å²) in [5.41, 5.74) is 2.63. The smallest absolute Gasteiger partial charge is 0.270 e. The van der Waals surface area contributed by atoms with Crippen molar-refractivity contribution in [1.29, 1.82) is 0 Å². The quantitative estimate of drug-likeness (QED) is 0.803. The zero-order valence-electron chi connectivity index (χ0n) is 9.39. The van der Waals surface area contributed by atoms with Crippen molar-refractivity contribution in [2.75, 3.05) is 6.54 Å². The van der Waals surface area contributed by atoms with E-state index in [9.17, 15) is 4.79 Å². The van der Waals surface area contributed by atoms with E-state index >= 15 is 0 Å². The Labute approximate surface area is 99.3 Å². The molecule has 0 fully saturated rings. The highest BCUT2D eigenvalue weighted by Crippen LogP contribution is 2.18. The van der Waals surface area contributed by atoms with Crippen molar-refractivity contribution in [1.82, 2.24) is 15.1 Å². The van der Waals surface area contributed by atoms with E-state index in [0.29, 0.717) is 5.69 Å². The molecule has 86 valence electrons. The van der Waals surface area contributed by atoms with Crippen LogP contribution >= 0.6 is 0 Å². The summed E-state index contributed by atoms with van der Waals surface area (Å²) in [4.78, 5) is 12.0. The third-order valence-electron chi connectivity index (χ3n) is 2.97. The summed E-state index contributed by atoms with van der Waals surface area (Å²) in [6.45, 7) is 0.738. The van der Waals surface area contributed by atoms with Gasteiger partial charge in [-0.25, -0.2) is 4.68 Å². The molecular formula is C13H13N3O. The fraction of sp³-hybridized carbons (Fsp3) is 0.231. The molecule has 2 heterocycles. The minimum absolute atomic E-state index is 0.0288. The van der Waals surface area contributed by atoms with Crippen LogP contribution in [0.25, 0.3) is 5.69 Å². The van der Waals surface area contributed by atoms with Gasteiger partial charge in [-0.2, -0.15) is 5.10 Å². The normalized spacial score (nSPS) is 14.9. The number of hydrogen-bond acceptors (Lipinski definition) is 2. The Balaban J connectivity index is 2.14. The van der Waals surface area contributed by atoms with Gasteiger partial charge >= 0.3 is 0 Å². The van der Waals surface area contributed by atoms with E-state index in [-0.39, 0.29) is 5.91 Å². The van der Waals surface area contributed by atoms with Crippen LogP contribution in [0.1, 0.15) is 22.5 Å². The average Bonchev–Trinajstić information content (AvgIpc) is 2.71. The molecule has 1 aliphatic heterocycles. The zero-order valence-corrected chi connectivity index (χ0v) is 9.39. The number of para-hydroxylation sites is 1. The number of aromatic nitrogens is 2. The fourth-order valence-electron chi connectivity index (χ4n) is 2.14. The second kappa shape index (κ2) is 4.05. The topological polar surface area (TPSA) is 46.9 Å². The number of hydrogen-bond donors (Lipinski definition) is 1. The molecule has 0 radical (unpaired) electrons. The first kappa shape index (κ1) is 10.1. The molecule has 0 unspecified atom stereocenters. The lowest BCUT2D eigenvalue weighted by atomic mass is 10.1. The highest BCUT2D eigenvalue weighted by Gasteiger charge is 2.21. The Bertz CT molecular complexity index is 545. The molecule has 2 aromatic rings. The van der Waals surface area contributed by atoms with Crippen molar-refractivity contribution in [3.63, 3.8) is 0 Å². The number of amides is 1. The molecular weight excluding hydrogens is 214 g/mol. The first-order chi connectivity index (χ1) is 8.36. The Morgan fingerprint density at radius 1 is 1.24 bits per heavy atom. The summed E-state index contributed by atoms with van der Waals surface area (Å²) < 4.78 is 1.72. The lowest BCUT2D eigenvalue weighted by Gasteiger charge is -2.06. The maximum Gasteiger partial charge on any atom is 0.270 e. The van der Waals surface area contributed by atoms with E-state index in [1.807, 2.05) is 30.3 Å². The highest BCUT2D eigenvalue weighted by atomic mass is 16.2. The lowest BCUT2D eigenvalue weighted by Crippen LogP contribution is -2.25. The Hall–Kier alpha value is -2.10. The van der Waals surface area contributed by atoms with Crippen molar-refractivity contribution in [2.45, 2.75) is 12.8 Å². The van der Waals surface area contributed by atoms with Crippen LogP contribution in [0.5, 0.6) is 0 Å². The van der Waals surface area contributed by atoms with Gasteiger partial charge in [0, 0.05) is 12.1 Å². The Morgan fingerprint density at radius 3 is 2.88 bits per heavy atom. The van der Waals surface area contributed by atoms with Gasteiger partial charge in [0.05, 0.1) is 11.9 Å². The molecule has 0 aliphatic carbocycles. The molecule has 4 heteroatoms. The van der Waals surface area contributed by atoms with E-state index in [1.54, 1.807) is 10.9 Å². The molecule has 1 aliphatic rings. The molecule has 0 saturated heterocycles. The molecule has 4 nitrogen and oxygen atoms in total. The molecule has 1 aromatic heterocycles. The Morgan fingerprint density at radius 2 is 2.06 bits per heavy atom. The van der Waals surface area contributed by atoms with E-state index < -0.39 is 0 Å². The van der Waals surface area contributed by atoms with E-state index in [1.165, 1.54) is 0 Å². The summed E-state index contributed by atoms with van der Waals surface area (Å²) in [5.74, 6) is -0.0288. The van der Waals surface area contributed by atoms with Crippen LogP contribution < -0.4 is 5.32 Å². The van der Waals surface area contributed by atoms with Crippen molar-refractivity contribution in [2.24, 2.45) is 0 Å². The second-order valence-electron chi connectivity index (χ2n) is 4.13. The van der Waals surface area contributed by atoms with Crippen molar-refractivity contribution in [3.8, 4) is 5.69 Å². The molecule has 17 heavy (non-hydrogen) atoms. The van der Waals surface area contributed by atoms with Crippen molar-refractivity contribution < 1.29 is 4.79 Å². The summed E-state index contributed by atoms with van der Waals surface area (Å²) >= 11 is 0. The van der Waals surface area contributed by atoms with Gasteiger partial charge in [0.25, 0.3) is 5.91 Å². The summed E-state index contributed by atoms with van der Waals surface area (Å²) in [6.07, 6.45) is 3.67. The third kappa shape index (κ3) is 1.71. The summed E-state index contributed by atoms with van der Waals surface area (Å²) in [6, 6.07) is 9.73. The first-order valence-electron chi connectivity index (χ1n) is 5.77. The summed E-state index contributed by atoms with van der Waals surface area (Å²) in [5, 5.41) is 7.21. The van der Waals surface area contributed by atoms with Crippen LogP contribution in [0.2, 0.25) is 0 Å². The molecule has 1 amide bonds. The number of carbonyl (C=O) groups is 1. The Kier molecular flexibility index (Phi) is 2.40. The predicted molar refractivity (Wildman–Crippen MR) is 64.2 cm³/mol. The maximum atomic E-state index is 12.0. The SMILES string of the molecule is O=C1NCCCc2cnn(-c3ccccc3)c21. The number of nitrogens with zero attached hydrogens (tertiary/aromatic N) is 2. The van der Waals surface area contributed by atoms with Gasteiger partial charge in [-0.15, -0.1) is 0 Å². The van der Waals surface area contributed by atoms with Gasteiger partial charge < -0.3 is 5.32 Å². The molecule has 3 rings (SSSR count). The number of aryl methyl sites for hydroxylation is 1. The van der Waals surface area contributed by atoms with Crippen LogP contribution in [0.4, 0.5) is 0 Å². The monoisotopic (exact) mass is 227 g/mol. The van der Waals surface area contributed by atoms with E-state index in [0.717, 1.165) is 30.6 Å². The van der Waals surface area contributed by atoms with Gasteiger partial charge in [0.1, 0.15) is 5.69 Å². The van der Waals surface area contributed by atoms with Crippen molar-refractivity contribution >= 4 is 5.91 Å². The average molecular weight is 227 g/mol. The third-order valence-corrected chi connectivity index (χ3v) is 2.97. The van der Waals surface area contributed by atoms with E-state index in [4.69, 9.17) is 0 Å². The van der Waals surface area contributed by atoms with Gasteiger partial charge in [-0.1, -0.05) is 18.2 Å². The number of carbonyl (C=O) groups excluding carboxylic acids is 1. The minimum atomic E-state index is -0.0288. The standard InChI is InChI=1S/C13H13N3O/c17-13-12-10(5-4-8-14-13)9-15-16(12)11-6-2-1-3-7-11/h1-3,6-7,9H,4-5,8H2,(H,14,17).